The van der Waals surface area contributed by atoms with E-state index in [-0.39, 0.29) is 17.8 Å². The quantitative estimate of drug-likeness (QED) is 0.708. The van der Waals surface area contributed by atoms with Crippen molar-refractivity contribution in [3.05, 3.63) is 29.8 Å². The van der Waals surface area contributed by atoms with E-state index in [2.05, 4.69) is 10.6 Å². The van der Waals surface area contributed by atoms with Gasteiger partial charge in [0.05, 0.1) is 6.26 Å². The smallest absolute Gasteiger partial charge is 0.319 e. The molecule has 0 saturated heterocycles. The monoisotopic (exact) mass is 349 g/mol. The van der Waals surface area contributed by atoms with Crippen molar-refractivity contribution in [1.29, 1.82) is 0 Å². The number of hydrogen-bond donors (Lipinski definition) is 2. The van der Waals surface area contributed by atoms with E-state index >= 15 is 0 Å². The molecule has 0 aliphatic heterocycles. The third-order valence-corrected chi connectivity index (χ3v) is 4.47. The highest BCUT2D eigenvalue weighted by Gasteiger charge is 2.13. The van der Waals surface area contributed by atoms with E-state index in [9.17, 15) is 22.0 Å². The standard InChI is InChI=1S/C14H21F2N3O3S/c1-3-19(23(2,21)22)9-5-8-17-14(20)18-12-7-4-6-11(10-12)13(15)16/h4,6-7,10,13H,3,5,8-9H2,1-2H3,(H2,17,18,20). The summed E-state index contributed by atoms with van der Waals surface area (Å²) >= 11 is 0. The number of hydrogen-bond acceptors (Lipinski definition) is 3. The van der Waals surface area contributed by atoms with Crippen molar-refractivity contribution in [2.45, 2.75) is 19.8 Å². The number of amides is 2. The maximum atomic E-state index is 12.6. The molecule has 0 aliphatic rings. The summed E-state index contributed by atoms with van der Waals surface area (Å²) in [6.45, 7) is 2.67. The van der Waals surface area contributed by atoms with Gasteiger partial charge in [0, 0.05) is 30.9 Å². The highest BCUT2D eigenvalue weighted by atomic mass is 32.2. The number of carbonyl (C=O) groups excluding carboxylic acids is 1. The second-order valence-electron chi connectivity index (χ2n) is 4.92. The van der Waals surface area contributed by atoms with Crippen LogP contribution in [-0.4, -0.2) is 44.6 Å². The lowest BCUT2D eigenvalue weighted by Gasteiger charge is -2.17. The molecule has 23 heavy (non-hydrogen) atoms. The molecule has 0 unspecified atom stereocenters. The summed E-state index contributed by atoms with van der Waals surface area (Å²) in [6.07, 6.45) is -1.02. The van der Waals surface area contributed by atoms with Gasteiger partial charge in [-0.2, -0.15) is 0 Å². The zero-order valence-electron chi connectivity index (χ0n) is 13.1. The predicted molar refractivity (Wildman–Crippen MR) is 85.1 cm³/mol. The van der Waals surface area contributed by atoms with Gasteiger partial charge in [-0.3, -0.25) is 0 Å². The van der Waals surface area contributed by atoms with Crippen molar-refractivity contribution in [3.8, 4) is 0 Å². The fourth-order valence-corrected chi connectivity index (χ4v) is 2.87. The Labute approximate surface area is 134 Å². The van der Waals surface area contributed by atoms with Crippen molar-refractivity contribution in [2.24, 2.45) is 0 Å². The van der Waals surface area contributed by atoms with Crippen LogP contribution in [0.2, 0.25) is 0 Å². The number of anilines is 1. The molecule has 0 fully saturated rings. The lowest BCUT2D eigenvalue weighted by molar-refractivity contribution is 0.151. The molecule has 130 valence electrons. The van der Waals surface area contributed by atoms with Gasteiger partial charge >= 0.3 is 6.03 Å². The minimum atomic E-state index is -3.24. The van der Waals surface area contributed by atoms with Gasteiger partial charge < -0.3 is 10.6 Å². The lowest BCUT2D eigenvalue weighted by Crippen LogP contribution is -2.34. The maximum absolute atomic E-state index is 12.6. The SMILES string of the molecule is CCN(CCCNC(=O)Nc1cccc(C(F)F)c1)S(C)(=O)=O. The number of benzene rings is 1. The summed E-state index contributed by atoms with van der Waals surface area (Å²) in [7, 11) is -3.24. The van der Waals surface area contributed by atoms with E-state index in [0.29, 0.717) is 19.5 Å². The number of carbonyl (C=O) groups is 1. The van der Waals surface area contributed by atoms with Crippen molar-refractivity contribution in [1.82, 2.24) is 9.62 Å². The molecule has 0 radical (unpaired) electrons. The molecule has 0 atom stereocenters. The van der Waals surface area contributed by atoms with Crippen molar-refractivity contribution < 1.29 is 22.0 Å². The molecule has 0 aromatic heterocycles. The Bertz CT molecular complexity index is 623. The number of nitrogens with one attached hydrogen (secondary N) is 2. The molecular formula is C14H21F2N3O3S. The summed E-state index contributed by atoms with van der Waals surface area (Å²) in [6, 6.07) is 4.89. The summed E-state index contributed by atoms with van der Waals surface area (Å²) in [5, 5.41) is 5.01. The van der Waals surface area contributed by atoms with Crippen LogP contribution in [0.3, 0.4) is 0 Å². The van der Waals surface area contributed by atoms with Gasteiger partial charge in [-0.25, -0.2) is 26.3 Å². The van der Waals surface area contributed by atoms with Gasteiger partial charge in [0.1, 0.15) is 0 Å². The van der Waals surface area contributed by atoms with Crippen LogP contribution in [0.4, 0.5) is 19.3 Å². The highest BCUT2D eigenvalue weighted by Crippen LogP contribution is 2.21. The summed E-state index contributed by atoms with van der Waals surface area (Å²) < 4.78 is 49.2. The number of nitrogens with zero attached hydrogens (tertiary/aromatic N) is 1. The van der Waals surface area contributed by atoms with Crippen LogP contribution >= 0.6 is 0 Å². The Morgan fingerprint density at radius 3 is 2.61 bits per heavy atom. The predicted octanol–water partition coefficient (Wildman–Crippen LogP) is 2.42. The molecule has 9 heteroatoms. The van der Waals surface area contributed by atoms with E-state index in [1.54, 1.807) is 6.92 Å². The molecule has 1 rings (SSSR count). The number of sulfonamides is 1. The Morgan fingerprint density at radius 2 is 2.04 bits per heavy atom. The second kappa shape index (κ2) is 8.78. The van der Waals surface area contributed by atoms with Crippen LogP contribution in [0.25, 0.3) is 0 Å². The fourth-order valence-electron chi connectivity index (χ4n) is 1.94. The second-order valence-corrected chi connectivity index (χ2v) is 6.90. The normalized spacial score (nSPS) is 11.7. The first-order valence-electron chi connectivity index (χ1n) is 7.12. The molecule has 0 saturated carbocycles. The molecule has 2 N–H and O–H groups in total. The molecule has 1 aromatic carbocycles. The Hall–Kier alpha value is -1.74. The van der Waals surface area contributed by atoms with Crippen LogP contribution in [0.15, 0.2) is 24.3 Å². The first-order chi connectivity index (χ1) is 10.7. The van der Waals surface area contributed by atoms with Crippen molar-refractivity contribution >= 4 is 21.7 Å². The van der Waals surface area contributed by atoms with Gasteiger partial charge in [-0.05, 0) is 18.6 Å². The maximum Gasteiger partial charge on any atom is 0.319 e. The number of alkyl halides is 2. The summed E-state index contributed by atoms with van der Waals surface area (Å²) in [5.74, 6) is 0. The zero-order chi connectivity index (χ0) is 17.5. The summed E-state index contributed by atoms with van der Waals surface area (Å²) in [5.41, 5.74) is 0.0983. The minimum absolute atomic E-state index is 0.172. The Morgan fingerprint density at radius 1 is 1.35 bits per heavy atom. The lowest BCUT2D eigenvalue weighted by atomic mass is 10.2. The van der Waals surface area contributed by atoms with E-state index in [4.69, 9.17) is 0 Å². The van der Waals surface area contributed by atoms with Gasteiger partial charge in [0.15, 0.2) is 0 Å². The van der Waals surface area contributed by atoms with Gasteiger partial charge in [-0.1, -0.05) is 19.1 Å². The molecule has 1 aromatic rings. The topological polar surface area (TPSA) is 78.5 Å². The first kappa shape index (κ1) is 19.3. The first-order valence-corrected chi connectivity index (χ1v) is 8.97. The van der Waals surface area contributed by atoms with Crippen molar-refractivity contribution in [2.75, 3.05) is 31.2 Å². The molecule has 0 bridgehead atoms. The number of halogens is 2. The fraction of sp³-hybridized carbons (Fsp3) is 0.500. The van der Waals surface area contributed by atoms with Gasteiger partial charge in [-0.15, -0.1) is 0 Å². The average molecular weight is 349 g/mol. The molecular weight excluding hydrogens is 328 g/mol. The third-order valence-electron chi connectivity index (χ3n) is 3.09. The zero-order valence-corrected chi connectivity index (χ0v) is 13.9. The summed E-state index contributed by atoms with van der Waals surface area (Å²) in [4.78, 5) is 11.7. The van der Waals surface area contributed by atoms with E-state index in [0.717, 1.165) is 6.26 Å². The third kappa shape index (κ3) is 6.91. The van der Waals surface area contributed by atoms with Gasteiger partial charge in [0.25, 0.3) is 6.43 Å². The molecule has 0 heterocycles. The molecule has 6 nitrogen and oxygen atoms in total. The largest absolute Gasteiger partial charge is 0.338 e. The van der Waals surface area contributed by atoms with Crippen molar-refractivity contribution in [3.63, 3.8) is 0 Å². The molecule has 2 amide bonds. The highest BCUT2D eigenvalue weighted by molar-refractivity contribution is 7.88. The molecule has 0 spiro atoms. The van der Waals surface area contributed by atoms with Crippen LogP contribution in [0, 0.1) is 0 Å². The van der Waals surface area contributed by atoms with Crippen LogP contribution in [0.1, 0.15) is 25.3 Å². The van der Waals surface area contributed by atoms with Crippen LogP contribution in [0.5, 0.6) is 0 Å². The average Bonchev–Trinajstić information content (AvgIpc) is 2.46. The van der Waals surface area contributed by atoms with Crippen LogP contribution in [-0.2, 0) is 10.0 Å². The molecule has 0 aliphatic carbocycles. The van der Waals surface area contributed by atoms with E-state index < -0.39 is 22.5 Å². The number of rotatable bonds is 8. The Balaban J connectivity index is 2.39. The van der Waals surface area contributed by atoms with E-state index in [1.807, 2.05) is 0 Å². The minimum Gasteiger partial charge on any atom is -0.338 e. The Kier molecular flexibility index (Phi) is 7.37. The van der Waals surface area contributed by atoms with Crippen LogP contribution < -0.4 is 10.6 Å². The van der Waals surface area contributed by atoms with E-state index in [1.165, 1.54) is 28.6 Å². The van der Waals surface area contributed by atoms with Gasteiger partial charge in [0.2, 0.25) is 10.0 Å². The number of urea groups is 1.